The summed E-state index contributed by atoms with van der Waals surface area (Å²) in [7, 11) is 0. The molecule has 24 nitrogen and oxygen atoms in total. The summed E-state index contributed by atoms with van der Waals surface area (Å²) in [5.74, 6) is -6.81. The molecule has 1 aliphatic carbocycles. The summed E-state index contributed by atoms with van der Waals surface area (Å²) in [5, 5.41) is 0. The lowest BCUT2D eigenvalue weighted by molar-refractivity contribution is -0.304. The highest BCUT2D eigenvalue weighted by Gasteiger charge is 2.50. The maximum atomic E-state index is 12.7. The highest BCUT2D eigenvalue weighted by molar-refractivity contribution is 5.89. The van der Waals surface area contributed by atoms with Gasteiger partial charge in [-0.15, -0.1) is 0 Å². The lowest BCUT2D eigenvalue weighted by atomic mass is 9.71. The highest BCUT2D eigenvalue weighted by atomic mass is 16.8. The van der Waals surface area contributed by atoms with Crippen LogP contribution in [0.1, 0.15) is 190 Å². The zero-order valence-electron chi connectivity index (χ0n) is 57.7. The second-order valence-electron chi connectivity index (χ2n) is 28.5. The van der Waals surface area contributed by atoms with Crippen molar-refractivity contribution in [1.29, 1.82) is 0 Å². The first-order chi connectivity index (χ1) is 40.8. The van der Waals surface area contributed by atoms with Crippen LogP contribution in [0.3, 0.4) is 0 Å². The van der Waals surface area contributed by atoms with Gasteiger partial charge in [-0.3, -0.25) is 19.2 Å². The van der Waals surface area contributed by atoms with Gasteiger partial charge in [-0.05, 0) is 155 Å². The molecule has 4 saturated heterocycles. The van der Waals surface area contributed by atoms with Gasteiger partial charge in [0.05, 0.1) is 85.1 Å². The normalized spacial score (nSPS) is 22.8. The number of ether oxygens (including phenoxy) is 16. The fraction of sp³-hybridized carbons (Fsp3) is 0.758. The van der Waals surface area contributed by atoms with Gasteiger partial charge in [0.2, 0.25) is 0 Å². The van der Waals surface area contributed by atoms with E-state index in [1.54, 1.807) is 111 Å². The zero-order chi connectivity index (χ0) is 69.3. The molecule has 4 heterocycles. The lowest BCUT2D eigenvalue weighted by Gasteiger charge is -2.43. The fourth-order valence-corrected chi connectivity index (χ4v) is 9.27. The molecule has 0 aromatic heterocycles. The molecule has 0 bridgehead atoms. The van der Waals surface area contributed by atoms with Crippen molar-refractivity contribution >= 4 is 47.8 Å². The van der Waals surface area contributed by atoms with Crippen LogP contribution in [0.15, 0.2) is 49.1 Å². The maximum absolute atomic E-state index is 12.7. The molecule has 90 heavy (non-hydrogen) atoms. The van der Waals surface area contributed by atoms with E-state index in [0.29, 0.717) is 5.92 Å². The van der Waals surface area contributed by atoms with Crippen molar-refractivity contribution in [3.8, 4) is 0 Å². The van der Waals surface area contributed by atoms with Crippen molar-refractivity contribution in [2.45, 2.75) is 253 Å². The van der Waals surface area contributed by atoms with Crippen molar-refractivity contribution in [3.63, 3.8) is 0 Å². The van der Waals surface area contributed by atoms with Crippen LogP contribution in [-0.2, 0) is 114 Å². The van der Waals surface area contributed by atoms with E-state index < -0.39 is 105 Å². The van der Waals surface area contributed by atoms with Crippen LogP contribution < -0.4 is 0 Å². The Bertz CT molecular complexity index is 2510. The summed E-state index contributed by atoms with van der Waals surface area (Å²) in [5.41, 5.74) is -5.09. The Morgan fingerprint density at radius 3 is 0.989 bits per heavy atom. The molecule has 5 fully saturated rings. The molecular weight excluding hydrogens is 1180 g/mol. The molecule has 0 aromatic rings. The third-order valence-electron chi connectivity index (χ3n) is 13.6. The molecule has 0 amide bonds. The van der Waals surface area contributed by atoms with Gasteiger partial charge in [-0.2, -0.15) is 0 Å². The molecule has 0 aromatic carbocycles. The van der Waals surface area contributed by atoms with Gasteiger partial charge in [-0.1, -0.05) is 47.1 Å². The smallest absolute Gasteiger partial charge is 0.333 e. The van der Waals surface area contributed by atoms with E-state index in [4.69, 9.17) is 75.8 Å². The van der Waals surface area contributed by atoms with Gasteiger partial charge in [0, 0.05) is 22.8 Å². The SMILES string of the molecule is C=C(C)C(=O)OC1(CC(=O)OC(C)(C)C)COC(C)(C)OC1.C=C(C)C(=O)OC1(CC(=O)OC2CC(C)CC(C)(C)C2)COC(C)(C)OC1.C=C(C)C(=O)OC1(CC(=O)OCC)COC(C)(C)OC1.C=CC(=O)OC1(CC(=O)OC(C)(C)C)COC(C)(C)OC1. The summed E-state index contributed by atoms with van der Waals surface area (Å²) in [6.45, 7) is 52.4. The molecule has 24 heteroatoms. The minimum absolute atomic E-state index is 0.0538. The predicted molar refractivity (Wildman–Crippen MR) is 327 cm³/mol. The standard InChI is InChI=1S/C21H34O6.C16H26O6.C15H24O6.C14H22O6/c1-14(2)18(23)27-21(12-24-20(6,7)25-13-21)11-17(22)26-16-8-15(3)9-19(4,5)10-16;1-11(2)13(18)22-16(8-12(17)21-14(3,4)5)9-19-15(6,7)20-10-16;1-7-11(16)21-15(8-12(17)20-13(2,3)4)9-18-14(5,6)19-10-15;1-6-17-11(15)7-14(20-12(16)10(2)3)8-18-13(4,5)19-9-14/h15-16H,1,8-13H2,2-7H3;1,8-10H2,2-7H3;7H,1,8-10H2,2-6H3;2,6-9H2,1,3-5H3. The van der Waals surface area contributed by atoms with Crippen molar-refractivity contribution in [2.24, 2.45) is 11.3 Å². The molecule has 0 spiro atoms. The number of carbonyl (C=O) groups excluding carboxylic acids is 8. The van der Waals surface area contributed by atoms with Crippen LogP contribution >= 0.6 is 0 Å². The molecule has 5 aliphatic rings. The van der Waals surface area contributed by atoms with Gasteiger partial charge in [0.25, 0.3) is 0 Å². The van der Waals surface area contributed by atoms with E-state index in [2.05, 4.69) is 47.1 Å². The van der Waals surface area contributed by atoms with E-state index in [1.807, 2.05) is 0 Å². The Morgan fingerprint density at radius 2 is 0.733 bits per heavy atom. The Balaban J connectivity index is 0.000000412. The van der Waals surface area contributed by atoms with Crippen molar-refractivity contribution in [3.05, 3.63) is 49.1 Å². The first-order valence-corrected chi connectivity index (χ1v) is 30.2. The Kier molecular flexibility index (Phi) is 28.9. The predicted octanol–water partition coefficient (Wildman–Crippen LogP) is 9.68. The number of carbonyl (C=O) groups is 8. The molecule has 1 saturated carbocycles. The summed E-state index contributed by atoms with van der Waals surface area (Å²) in [6.07, 6.45) is 3.24. The van der Waals surface area contributed by atoms with E-state index in [-0.39, 0.29) is 113 Å². The van der Waals surface area contributed by atoms with Crippen LogP contribution in [0.25, 0.3) is 0 Å². The van der Waals surface area contributed by atoms with Crippen molar-refractivity contribution in [2.75, 3.05) is 59.5 Å². The molecular formula is C66H106O24. The van der Waals surface area contributed by atoms with Crippen LogP contribution in [0.2, 0.25) is 0 Å². The lowest BCUT2D eigenvalue weighted by Crippen LogP contribution is -2.55. The number of rotatable bonds is 18. The highest BCUT2D eigenvalue weighted by Crippen LogP contribution is 2.41. The third-order valence-corrected chi connectivity index (χ3v) is 13.6. The summed E-state index contributed by atoms with van der Waals surface area (Å²) < 4.78 is 87.4. The van der Waals surface area contributed by atoms with E-state index >= 15 is 0 Å². The molecule has 2 unspecified atom stereocenters. The van der Waals surface area contributed by atoms with Gasteiger partial charge in [0.15, 0.2) is 45.6 Å². The minimum atomic E-state index is -1.20. The van der Waals surface area contributed by atoms with Crippen molar-refractivity contribution < 1.29 is 114 Å². The van der Waals surface area contributed by atoms with Crippen LogP contribution in [0.5, 0.6) is 0 Å². The third kappa shape index (κ3) is 29.8. The van der Waals surface area contributed by atoms with Crippen LogP contribution in [0, 0.1) is 11.3 Å². The van der Waals surface area contributed by atoms with Gasteiger partial charge >= 0.3 is 47.8 Å². The Hall–Kier alpha value is -5.60. The van der Waals surface area contributed by atoms with Gasteiger partial charge in [0.1, 0.15) is 17.3 Å². The second-order valence-corrected chi connectivity index (χ2v) is 28.5. The average molecular weight is 1280 g/mol. The average Bonchev–Trinajstić information content (AvgIpc) is 0.855. The first kappa shape index (κ1) is 80.5. The largest absolute Gasteiger partial charge is 0.466 e. The Morgan fingerprint density at radius 1 is 0.456 bits per heavy atom. The van der Waals surface area contributed by atoms with E-state index in [9.17, 15) is 38.4 Å². The topological polar surface area (TPSA) is 284 Å². The summed E-state index contributed by atoms with van der Waals surface area (Å²) in [6, 6.07) is 0. The zero-order valence-corrected chi connectivity index (χ0v) is 57.7. The molecule has 4 aliphatic heterocycles. The van der Waals surface area contributed by atoms with E-state index in [1.165, 1.54) is 13.8 Å². The minimum Gasteiger partial charge on any atom is -0.466 e. The van der Waals surface area contributed by atoms with Crippen LogP contribution in [0.4, 0.5) is 0 Å². The van der Waals surface area contributed by atoms with Gasteiger partial charge in [-0.25, -0.2) is 19.2 Å². The quantitative estimate of drug-likeness (QED) is 0.0700. The van der Waals surface area contributed by atoms with Crippen molar-refractivity contribution in [1.82, 2.24) is 0 Å². The summed E-state index contributed by atoms with van der Waals surface area (Å²) >= 11 is 0. The maximum Gasteiger partial charge on any atom is 0.333 e. The number of hydrogen-bond acceptors (Lipinski definition) is 24. The molecule has 2 atom stereocenters. The Labute approximate surface area is 533 Å². The summed E-state index contributed by atoms with van der Waals surface area (Å²) in [4.78, 5) is 95.7. The van der Waals surface area contributed by atoms with Crippen LogP contribution in [-0.4, -0.2) is 170 Å². The second kappa shape index (κ2) is 32.3. The first-order valence-electron chi connectivity index (χ1n) is 30.2. The van der Waals surface area contributed by atoms with E-state index in [0.717, 1.165) is 25.3 Å². The number of hydrogen-bond donors (Lipinski definition) is 0. The molecule has 0 N–H and O–H groups in total. The molecule has 0 radical (unpaired) electrons. The van der Waals surface area contributed by atoms with Gasteiger partial charge < -0.3 is 75.8 Å². The number of esters is 8. The molecule has 514 valence electrons. The monoisotopic (exact) mass is 1280 g/mol. The molecule has 5 rings (SSSR count). The fourth-order valence-electron chi connectivity index (χ4n) is 9.27.